The van der Waals surface area contributed by atoms with Gasteiger partial charge in [-0.2, -0.15) is 0 Å². The number of rotatable bonds is 6. The maximum atomic E-state index is 10.9. The number of ether oxygens (including phenoxy) is 2. The SMILES string of the molecule is COc1ccc(OC/C(=N\O)c2cc(C(=O)O)ccn2)cc1. The van der Waals surface area contributed by atoms with Crippen LogP contribution in [0.2, 0.25) is 0 Å². The monoisotopic (exact) mass is 302 g/mol. The van der Waals surface area contributed by atoms with Crippen molar-refractivity contribution in [1.82, 2.24) is 4.98 Å². The van der Waals surface area contributed by atoms with Crippen LogP contribution in [0.3, 0.4) is 0 Å². The molecule has 2 rings (SSSR count). The predicted octanol–water partition coefficient (Wildman–Crippen LogP) is 2.05. The number of carbonyl (C=O) groups is 1. The quantitative estimate of drug-likeness (QED) is 0.481. The Morgan fingerprint density at radius 1 is 1.23 bits per heavy atom. The Bertz CT molecular complexity index is 683. The summed E-state index contributed by atoms with van der Waals surface area (Å²) in [5.74, 6) is 0.160. The first kappa shape index (κ1) is 15.3. The maximum absolute atomic E-state index is 10.9. The second-order valence-electron chi connectivity index (χ2n) is 4.25. The van der Waals surface area contributed by atoms with Gasteiger partial charge in [-0.15, -0.1) is 0 Å². The van der Waals surface area contributed by atoms with E-state index in [0.717, 1.165) is 0 Å². The van der Waals surface area contributed by atoms with Gasteiger partial charge in [-0.05, 0) is 36.4 Å². The van der Waals surface area contributed by atoms with E-state index in [1.165, 1.54) is 18.3 Å². The van der Waals surface area contributed by atoms with E-state index in [2.05, 4.69) is 10.1 Å². The normalized spacial score (nSPS) is 11.0. The molecule has 2 N–H and O–H groups in total. The molecule has 7 heteroatoms. The van der Waals surface area contributed by atoms with E-state index in [9.17, 15) is 4.79 Å². The zero-order chi connectivity index (χ0) is 15.9. The average molecular weight is 302 g/mol. The number of carboxylic acids is 1. The maximum Gasteiger partial charge on any atom is 0.335 e. The Kier molecular flexibility index (Phi) is 4.92. The van der Waals surface area contributed by atoms with Gasteiger partial charge in [-0.3, -0.25) is 4.98 Å². The molecule has 1 aromatic carbocycles. The van der Waals surface area contributed by atoms with Crippen LogP contribution in [-0.2, 0) is 0 Å². The molecule has 22 heavy (non-hydrogen) atoms. The molecule has 0 unspecified atom stereocenters. The van der Waals surface area contributed by atoms with E-state index in [1.807, 2.05) is 0 Å². The third-order valence-electron chi connectivity index (χ3n) is 2.86. The van der Waals surface area contributed by atoms with E-state index in [-0.39, 0.29) is 23.6 Å². The van der Waals surface area contributed by atoms with Gasteiger partial charge in [0.1, 0.15) is 23.8 Å². The van der Waals surface area contributed by atoms with Gasteiger partial charge in [-0.1, -0.05) is 5.16 Å². The largest absolute Gasteiger partial charge is 0.497 e. The Balaban J connectivity index is 2.09. The van der Waals surface area contributed by atoms with E-state index < -0.39 is 5.97 Å². The summed E-state index contributed by atoms with van der Waals surface area (Å²) in [7, 11) is 1.56. The predicted molar refractivity (Wildman–Crippen MR) is 78.0 cm³/mol. The Labute approximate surface area is 126 Å². The number of benzene rings is 1. The molecule has 0 radical (unpaired) electrons. The average Bonchev–Trinajstić information content (AvgIpc) is 2.56. The van der Waals surface area contributed by atoms with Gasteiger partial charge in [0, 0.05) is 6.20 Å². The third-order valence-corrected chi connectivity index (χ3v) is 2.86. The van der Waals surface area contributed by atoms with Gasteiger partial charge in [0.25, 0.3) is 0 Å². The van der Waals surface area contributed by atoms with E-state index in [4.69, 9.17) is 19.8 Å². The first-order valence-electron chi connectivity index (χ1n) is 6.31. The summed E-state index contributed by atoms with van der Waals surface area (Å²) in [5.41, 5.74) is 0.408. The van der Waals surface area contributed by atoms with Crippen LogP contribution in [0.4, 0.5) is 0 Å². The summed E-state index contributed by atoms with van der Waals surface area (Å²) in [4.78, 5) is 14.9. The van der Waals surface area contributed by atoms with Crippen LogP contribution < -0.4 is 9.47 Å². The summed E-state index contributed by atoms with van der Waals surface area (Å²) < 4.78 is 10.5. The molecule has 7 nitrogen and oxygen atoms in total. The fourth-order valence-electron chi connectivity index (χ4n) is 1.70. The molecule has 0 aliphatic heterocycles. The molecular formula is C15H14N2O5. The van der Waals surface area contributed by atoms with Crippen LogP contribution in [0.5, 0.6) is 11.5 Å². The third kappa shape index (κ3) is 3.72. The van der Waals surface area contributed by atoms with Gasteiger partial charge >= 0.3 is 5.97 Å². The number of hydrogen-bond acceptors (Lipinski definition) is 6. The first-order valence-corrected chi connectivity index (χ1v) is 6.31. The zero-order valence-corrected chi connectivity index (χ0v) is 11.8. The molecule has 0 spiro atoms. The highest BCUT2D eigenvalue weighted by Crippen LogP contribution is 2.17. The van der Waals surface area contributed by atoms with Crippen molar-refractivity contribution < 1.29 is 24.6 Å². The van der Waals surface area contributed by atoms with Gasteiger partial charge in [-0.25, -0.2) is 4.79 Å². The molecule has 0 saturated heterocycles. The number of nitrogens with zero attached hydrogens (tertiary/aromatic N) is 2. The Morgan fingerprint density at radius 2 is 1.91 bits per heavy atom. The van der Waals surface area contributed by atoms with Gasteiger partial charge in [0.15, 0.2) is 0 Å². The molecule has 0 bridgehead atoms. The number of methoxy groups -OCH3 is 1. The summed E-state index contributed by atoms with van der Waals surface area (Å²) in [6.45, 7) is -0.0566. The Hall–Kier alpha value is -3.09. The second kappa shape index (κ2) is 7.07. The van der Waals surface area contributed by atoms with Gasteiger partial charge < -0.3 is 19.8 Å². The lowest BCUT2D eigenvalue weighted by atomic mass is 10.2. The van der Waals surface area contributed by atoms with Crippen molar-refractivity contribution in [1.29, 1.82) is 0 Å². The van der Waals surface area contributed by atoms with Crippen molar-refractivity contribution in [3.05, 3.63) is 53.9 Å². The van der Waals surface area contributed by atoms with Crippen LogP contribution in [0.15, 0.2) is 47.8 Å². The van der Waals surface area contributed by atoms with Crippen LogP contribution in [0.25, 0.3) is 0 Å². The highest BCUT2D eigenvalue weighted by atomic mass is 16.5. The summed E-state index contributed by atoms with van der Waals surface area (Å²) >= 11 is 0. The topological polar surface area (TPSA) is 101 Å². The number of carboxylic acid groups (broad SMARTS) is 1. The van der Waals surface area contributed by atoms with Crippen LogP contribution >= 0.6 is 0 Å². The molecule has 1 heterocycles. The summed E-state index contributed by atoms with van der Waals surface area (Å²) in [5, 5.41) is 21.1. The fourth-order valence-corrected chi connectivity index (χ4v) is 1.70. The summed E-state index contributed by atoms with van der Waals surface area (Å²) in [6.07, 6.45) is 1.33. The zero-order valence-electron chi connectivity index (χ0n) is 11.8. The number of pyridine rings is 1. The van der Waals surface area contributed by atoms with Crippen molar-refractivity contribution >= 4 is 11.7 Å². The molecule has 2 aromatic rings. The van der Waals surface area contributed by atoms with Crippen molar-refractivity contribution in [3.8, 4) is 11.5 Å². The molecule has 1 aromatic heterocycles. The lowest BCUT2D eigenvalue weighted by Crippen LogP contribution is -2.15. The van der Waals surface area contributed by atoms with Crippen molar-refractivity contribution in [2.45, 2.75) is 0 Å². The fraction of sp³-hybridized carbons (Fsp3) is 0.133. The summed E-state index contributed by atoms with van der Waals surface area (Å²) in [6, 6.07) is 9.53. The van der Waals surface area contributed by atoms with Crippen LogP contribution in [0.1, 0.15) is 16.1 Å². The molecule has 0 amide bonds. The van der Waals surface area contributed by atoms with E-state index in [1.54, 1.807) is 31.4 Å². The number of aromatic carboxylic acids is 1. The van der Waals surface area contributed by atoms with Crippen LogP contribution in [-0.4, -0.2) is 40.7 Å². The minimum Gasteiger partial charge on any atom is -0.497 e. The smallest absolute Gasteiger partial charge is 0.335 e. The standard InChI is InChI=1S/C15H14N2O5/c1-21-11-2-4-12(5-3-11)22-9-14(17-20)13-8-10(15(18)19)6-7-16-13/h2-8,20H,9H2,1H3,(H,18,19)/b17-14+. The Morgan fingerprint density at radius 3 is 2.50 bits per heavy atom. The van der Waals surface area contributed by atoms with Crippen molar-refractivity contribution in [2.75, 3.05) is 13.7 Å². The van der Waals surface area contributed by atoms with Crippen molar-refractivity contribution in [2.24, 2.45) is 5.16 Å². The number of hydrogen-bond donors (Lipinski definition) is 2. The number of aromatic nitrogens is 1. The van der Waals surface area contributed by atoms with Gasteiger partial charge in [0.05, 0.1) is 18.4 Å². The minimum atomic E-state index is -1.09. The number of oxime groups is 1. The molecule has 114 valence electrons. The molecule has 0 fully saturated rings. The lowest BCUT2D eigenvalue weighted by molar-refractivity contribution is 0.0696. The lowest BCUT2D eigenvalue weighted by Gasteiger charge is -2.08. The minimum absolute atomic E-state index is 0.0515. The highest BCUT2D eigenvalue weighted by molar-refractivity contribution is 6.01. The molecule has 0 saturated carbocycles. The molecule has 0 aliphatic carbocycles. The van der Waals surface area contributed by atoms with E-state index >= 15 is 0 Å². The molecule has 0 atom stereocenters. The first-order chi connectivity index (χ1) is 10.6. The molecule has 0 aliphatic rings. The van der Waals surface area contributed by atoms with Gasteiger partial charge in [0.2, 0.25) is 0 Å². The van der Waals surface area contributed by atoms with Crippen LogP contribution in [0, 0.1) is 0 Å². The molecular weight excluding hydrogens is 288 g/mol. The van der Waals surface area contributed by atoms with Crippen molar-refractivity contribution in [3.63, 3.8) is 0 Å². The highest BCUT2D eigenvalue weighted by Gasteiger charge is 2.11. The van der Waals surface area contributed by atoms with E-state index in [0.29, 0.717) is 11.5 Å². The second-order valence-corrected chi connectivity index (χ2v) is 4.25.